The average Bonchev–Trinajstić information content (AvgIpc) is 3.60. The first-order valence-corrected chi connectivity index (χ1v) is 13.6. The first-order chi connectivity index (χ1) is 19.9. The number of nitrogens with one attached hydrogen (secondary N) is 2. The van der Waals surface area contributed by atoms with Gasteiger partial charge in [-0.3, -0.25) is 19.9 Å². The summed E-state index contributed by atoms with van der Waals surface area (Å²) in [5, 5.41) is 18.1. The van der Waals surface area contributed by atoms with E-state index in [4.69, 9.17) is 21.4 Å². The Labute approximate surface area is 242 Å². The number of thiocarbonyl (C=S) groups is 1. The van der Waals surface area contributed by atoms with Gasteiger partial charge in [-0.2, -0.15) is 0 Å². The highest BCUT2D eigenvalue weighted by atomic mass is 32.1. The third-order valence-corrected chi connectivity index (χ3v) is 7.38. The van der Waals surface area contributed by atoms with Gasteiger partial charge in [0.1, 0.15) is 23.3 Å². The van der Waals surface area contributed by atoms with Crippen molar-refractivity contribution in [1.82, 2.24) is 15.2 Å². The number of nitro benzene ring substituents is 1. The average molecular weight is 572 g/mol. The number of pyridine rings is 1. The lowest BCUT2D eigenvalue weighted by Crippen LogP contribution is -2.32. The van der Waals surface area contributed by atoms with E-state index in [0.29, 0.717) is 34.5 Å². The molecule has 0 unspecified atom stereocenters. The van der Waals surface area contributed by atoms with Gasteiger partial charge in [0.25, 0.3) is 5.69 Å². The number of rotatable bonds is 10. The molecule has 1 fully saturated rings. The van der Waals surface area contributed by atoms with Crippen LogP contribution in [-0.2, 0) is 11.2 Å². The Morgan fingerprint density at radius 3 is 2.71 bits per heavy atom. The number of nitrogens with zero attached hydrogens (tertiary/aromatic N) is 3. The van der Waals surface area contributed by atoms with Crippen molar-refractivity contribution >= 4 is 34.6 Å². The molecule has 2 aromatic heterocycles. The Bertz CT molecular complexity index is 1570. The van der Waals surface area contributed by atoms with Crippen molar-refractivity contribution in [3.05, 3.63) is 106 Å². The molecule has 11 heteroatoms. The molecular weight excluding hydrogens is 542 g/mol. The number of aromatic nitrogens is 1. The summed E-state index contributed by atoms with van der Waals surface area (Å²) in [7, 11) is 1.45. The lowest BCUT2D eigenvalue weighted by Gasteiger charge is -2.26. The molecule has 0 spiro atoms. The van der Waals surface area contributed by atoms with Crippen molar-refractivity contribution < 1.29 is 18.9 Å². The van der Waals surface area contributed by atoms with Gasteiger partial charge in [-0.1, -0.05) is 31.2 Å². The number of aryl methyl sites for hydroxylation is 1. The van der Waals surface area contributed by atoms with Gasteiger partial charge in [0.2, 0.25) is 5.91 Å². The van der Waals surface area contributed by atoms with Gasteiger partial charge in [0.15, 0.2) is 5.11 Å². The summed E-state index contributed by atoms with van der Waals surface area (Å²) in [6, 6.07) is 20.7. The second-order valence-corrected chi connectivity index (χ2v) is 9.86. The van der Waals surface area contributed by atoms with Gasteiger partial charge in [0.05, 0.1) is 35.4 Å². The molecular formula is C30H29N5O5S. The van der Waals surface area contributed by atoms with Gasteiger partial charge >= 0.3 is 0 Å². The molecule has 1 amide bonds. The minimum absolute atomic E-state index is 0.0797. The highest BCUT2D eigenvalue weighted by Gasteiger charge is 2.41. The van der Waals surface area contributed by atoms with E-state index in [9.17, 15) is 14.9 Å². The van der Waals surface area contributed by atoms with E-state index in [1.54, 1.807) is 18.3 Å². The Hall–Kier alpha value is -4.77. The predicted octanol–water partition coefficient (Wildman–Crippen LogP) is 5.82. The van der Waals surface area contributed by atoms with Crippen molar-refractivity contribution in [1.29, 1.82) is 0 Å². The number of benzene rings is 2. The van der Waals surface area contributed by atoms with Crippen molar-refractivity contribution in [2.45, 2.75) is 31.8 Å². The highest BCUT2D eigenvalue weighted by Crippen LogP contribution is 2.42. The van der Waals surface area contributed by atoms with Gasteiger partial charge in [-0.25, -0.2) is 0 Å². The first-order valence-electron chi connectivity index (χ1n) is 13.2. The molecule has 0 saturated carbocycles. The normalized spacial score (nSPS) is 16.3. The Kier molecular flexibility index (Phi) is 8.25. The number of ether oxygens (including phenoxy) is 1. The molecule has 5 rings (SSSR count). The van der Waals surface area contributed by atoms with E-state index in [1.165, 1.54) is 19.2 Å². The molecule has 210 valence electrons. The number of hydrogen-bond acceptors (Lipinski definition) is 7. The standard InChI is InChI=1S/C30H29N5O5S/c1-3-19-8-4-5-9-22(19)32-27(36)15-17-34-29(28(33-30(34)41)23-10-6-7-16-31-23)25-14-13-24(40-25)21-12-11-20(35(37)38)18-26(21)39-2/h4-14,16,18,28-29H,3,15,17H2,1-2H3,(H,32,36)(H,33,41)/t28-,29+/m0/s1. The molecule has 2 N–H and O–H groups in total. The molecule has 1 aliphatic heterocycles. The molecule has 2 aromatic carbocycles. The van der Waals surface area contributed by atoms with Crippen LogP contribution in [-0.4, -0.2) is 39.5 Å². The van der Waals surface area contributed by atoms with Gasteiger partial charge in [-0.15, -0.1) is 0 Å². The number of carbonyl (C=O) groups is 1. The lowest BCUT2D eigenvalue weighted by molar-refractivity contribution is -0.384. The Morgan fingerprint density at radius 2 is 1.98 bits per heavy atom. The minimum Gasteiger partial charge on any atom is -0.496 e. The third kappa shape index (κ3) is 5.90. The maximum absolute atomic E-state index is 13.0. The molecule has 1 aliphatic rings. The second kappa shape index (κ2) is 12.2. The van der Waals surface area contributed by atoms with Crippen LogP contribution in [0.15, 0.2) is 83.4 Å². The molecule has 2 atom stereocenters. The number of amides is 1. The van der Waals surface area contributed by atoms with Crippen LogP contribution in [0.5, 0.6) is 5.75 Å². The number of furan rings is 1. The fourth-order valence-electron chi connectivity index (χ4n) is 4.99. The maximum atomic E-state index is 13.0. The summed E-state index contributed by atoms with van der Waals surface area (Å²) in [5.41, 5.74) is 3.14. The highest BCUT2D eigenvalue weighted by molar-refractivity contribution is 7.80. The van der Waals surface area contributed by atoms with Crippen LogP contribution in [0.4, 0.5) is 11.4 Å². The van der Waals surface area contributed by atoms with Crippen LogP contribution in [0.2, 0.25) is 0 Å². The van der Waals surface area contributed by atoms with E-state index < -0.39 is 11.0 Å². The first kappa shape index (κ1) is 27.8. The number of carbonyl (C=O) groups excluding carboxylic acids is 1. The Balaban J connectivity index is 1.43. The number of hydrogen-bond donors (Lipinski definition) is 2. The fraction of sp³-hybridized carbons (Fsp3) is 0.233. The lowest BCUT2D eigenvalue weighted by atomic mass is 10.0. The molecule has 41 heavy (non-hydrogen) atoms. The van der Waals surface area contributed by atoms with Gasteiger partial charge in [0, 0.05) is 30.9 Å². The third-order valence-electron chi connectivity index (χ3n) is 7.03. The Morgan fingerprint density at radius 1 is 1.17 bits per heavy atom. The molecule has 10 nitrogen and oxygen atoms in total. The zero-order chi connectivity index (χ0) is 28.9. The maximum Gasteiger partial charge on any atom is 0.273 e. The van der Waals surface area contributed by atoms with Crippen LogP contribution in [0.3, 0.4) is 0 Å². The van der Waals surface area contributed by atoms with Crippen LogP contribution in [0, 0.1) is 10.1 Å². The van der Waals surface area contributed by atoms with Crippen LogP contribution in [0.1, 0.15) is 42.4 Å². The van der Waals surface area contributed by atoms with E-state index in [2.05, 4.69) is 15.6 Å². The molecule has 0 bridgehead atoms. The zero-order valence-corrected chi connectivity index (χ0v) is 23.4. The number of para-hydroxylation sites is 1. The van der Waals surface area contributed by atoms with E-state index in [0.717, 1.165) is 23.4 Å². The second-order valence-electron chi connectivity index (χ2n) is 9.47. The van der Waals surface area contributed by atoms with Crippen molar-refractivity contribution in [2.75, 3.05) is 19.0 Å². The molecule has 1 saturated heterocycles. The van der Waals surface area contributed by atoms with Crippen molar-refractivity contribution in [2.24, 2.45) is 0 Å². The van der Waals surface area contributed by atoms with E-state index >= 15 is 0 Å². The predicted molar refractivity (Wildman–Crippen MR) is 159 cm³/mol. The summed E-state index contributed by atoms with van der Waals surface area (Å²) >= 11 is 5.72. The number of non-ortho nitro benzene ring substituents is 1. The fourth-order valence-corrected chi connectivity index (χ4v) is 5.33. The monoisotopic (exact) mass is 571 g/mol. The smallest absolute Gasteiger partial charge is 0.273 e. The van der Waals surface area contributed by atoms with Gasteiger partial charge < -0.3 is 24.7 Å². The number of anilines is 1. The van der Waals surface area contributed by atoms with Gasteiger partial charge in [-0.05, 0) is 60.6 Å². The van der Waals surface area contributed by atoms with E-state index in [1.807, 2.05) is 60.4 Å². The topological polar surface area (TPSA) is 123 Å². The van der Waals surface area contributed by atoms with Crippen LogP contribution >= 0.6 is 12.2 Å². The largest absolute Gasteiger partial charge is 0.496 e. The summed E-state index contributed by atoms with van der Waals surface area (Å²) in [6.07, 6.45) is 2.73. The molecule has 3 heterocycles. The summed E-state index contributed by atoms with van der Waals surface area (Å²) < 4.78 is 11.8. The van der Waals surface area contributed by atoms with E-state index in [-0.39, 0.29) is 24.1 Å². The number of nitro groups is 1. The van der Waals surface area contributed by atoms with Crippen LogP contribution < -0.4 is 15.4 Å². The minimum atomic E-state index is -0.475. The quantitative estimate of drug-likeness (QED) is 0.138. The molecule has 0 radical (unpaired) electrons. The SMILES string of the molecule is CCc1ccccc1NC(=O)CCN1C(=S)N[C@@H](c2ccccn2)[C@H]1c1ccc(-c2ccc([N+](=O)[O-])cc2OC)o1. The van der Waals surface area contributed by atoms with Crippen molar-refractivity contribution in [3.63, 3.8) is 0 Å². The summed E-state index contributed by atoms with van der Waals surface area (Å²) in [5.74, 6) is 1.28. The number of methoxy groups -OCH3 is 1. The molecule has 4 aromatic rings. The van der Waals surface area contributed by atoms with Crippen LogP contribution in [0.25, 0.3) is 11.3 Å². The molecule has 0 aliphatic carbocycles. The zero-order valence-electron chi connectivity index (χ0n) is 22.6. The van der Waals surface area contributed by atoms with Crippen molar-refractivity contribution in [3.8, 4) is 17.1 Å². The summed E-state index contributed by atoms with van der Waals surface area (Å²) in [4.78, 5) is 30.2. The summed E-state index contributed by atoms with van der Waals surface area (Å²) in [6.45, 7) is 2.39.